The zero-order valence-corrected chi connectivity index (χ0v) is 12.6. The van der Waals surface area contributed by atoms with Crippen molar-refractivity contribution in [2.24, 2.45) is 5.92 Å². The molecule has 2 aliphatic heterocycles. The molecule has 3 unspecified atom stereocenters. The fourth-order valence-corrected chi connectivity index (χ4v) is 4.44. The quantitative estimate of drug-likeness (QED) is 0.904. The number of hydrogen-bond donors (Lipinski definition) is 1. The van der Waals surface area contributed by atoms with Gasteiger partial charge in [0, 0.05) is 12.6 Å². The Morgan fingerprint density at radius 1 is 1.19 bits per heavy atom. The second-order valence-electron chi connectivity index (χ2n) is 6.80. The predicted octanol–water partition coefficient (Wildman–Crippen LogP) is 2.32. The Balaban J connectivity index is 1.49. The average molecular weight is 284 g/mol. The highest BCUT2D eigenvalue weighted by Crippen LogP contribution is 2.39. The third-order valence-corrected chi connectivity index (χ3v) is 5.61. The molecule has 3 atom stereocenters. The molecule has 0 bridgehead atoms. The van der Waals surface area contributed by atoms with Crippen LogP contribution in [0.5, 0.6) is 0 Å². The van der Waals surface area contributed by atoms with E-state index in [1.807, 2.05) is 0 Å². The van der Waals surface area contributed by atoms with E-state index in [0.717, 1.165) is 26.1 Å². The number of benzene rings is 1. The topological polar surface area (TPSA) is 32.3 Å². The molecule has 2 fully saturated rings. The molecule has 0 spiro atoms. The van der Waals surface area contributed by atoms with Crippen molar-refractivity contribution in [1.82, 2.24) is 10.2 Å². The number of likely N-dealkylation sites (tertiary alicyclic amines) is 1. The molecule has 1 aromatic carbocycles. The minimum atomic E-state index is 0.137. The lowest BCUT2D eigenvalue weighted by Crippen LogP contribution is -2.48. The Hall–Kier alpha value is -1.35. The Morgan fingerprint density at radius 3 is 2.90 bits per heavy atom. The van der Waals surface area contributed by atoms with Gasteiger partial charge in [-0.1, -0.05) is 24.3 Å². The van der Waals surface area contributed by atoms with Gasteiger partial charge in [-0.3, -0.25) is 4.79 Å². The molecular formula is C18H24N2O. The first-order chi connectivity index (χ1) is 10.3. The molecule has 112 valence electrons. The van der Waals surface area contributed by atoms with Crippen molar-refractivity contribution in [3.63, 3.8) is 0 Å². The monoisotopic (exact) mass is 284 g/mol. The van der Waals surface area contributed by atoms with Crippen LogP contribution in [-0.2, 0) is 11.2 Å². The number of nitrogens with one attached hydrogen (secondary N) is 1. The van der Waals surface area contributed by atoms with Crippen LogP contribution in [0.3, 0.4) is 0 Å². The van der Waals surface area contributed by atoms with E-state index in [1.165, 1.54) is 36.8 Å². The largest absolute Gasteiger partial charge is 0.339 e. The molecule has 2 saturated heterocycles. The van der Waals surface area contributed by atoms with E-state index in [4.69, 9.17) is 0 Å². The van der Waals surface area contributed by atoms with Crippen molar-refractivity contribution < 1.29 is 4.79 Å². The van der Waals surface area contributed by atoms with Crippen molar-refractivity contribution in [2.75, 3.05) is 19.6 Å². The van der Waals surface area contributed by atoms with E-state index in [2.05, 4.69) is 34.5 Å². The third kappa shape index (κ3) is 2.28. The first-order valence-corrected chi connectivity index (χ1v) is 8.43. The molecule has 3 heteroatoms. The summed E-state index contributed by atoms with van der Waals surface area (Å²) < 4.78 is 0. The maximum atomic E-state index is 12.9. The van der Waals surface area contributed by atoms with Crippen LogP contribution in [0.1, 0.15) is 42.7 Å². The van der Waals surface area contributed by atoms with Crippen LogP contribution in [0.15, 0.2) is 24.3 Å². The lowest BCUT2D eigenvalue weighted by molar-refractivity contribution is -0.135. The molecule has 2 heterocycles. The van der Waals surface area contributed by atoms with E-state index in [-0.39, 0.29) is 5.92 Å². The zero-order chi connectivity index (χ0) is 14.2. The SMILES string of the molecule is O=C(C1Cc2ccccc21)N1CCCC1C1CCCNC1. The molecule has 4 rings (SSSR count). The van der Waals surface area contributed by atoms with Crippen LogP contribution in [-0.4, -0.2) is 36.5 Å². The lowest BCUT2D eigenvalue weighted by atomic mass is 9.76. The van der Waals surface area contributed by atoms with Crippen LogP contribution in [0.2, 0.25) is 0 Å². The Labute approximate surface area is 126 Å². The van der Waals surface area contributed by atoms with Crippen molar-refractivity contribution in [3.05, 3.63) is 35.4 Å². The van der Waals surface area contributed by atoms with E-state index in [9.17, 15) is 4.79 Å². The van der Waals surface area contributed by atoms with Gasteiger partial charge in [0.05, 0.1) is 5.92 Å². The van der Waals surface area contributed by atoms with Crippen LogP contribution < -0.4 is 5.32 Å². The smallest absolute Gasteiger partial charge is 0.230 e. The Morgan fingerprint density at radius 2 is 2.10 bits per heavy atom. The first kappa shape index (κ1) is 13.3. The van der Waals surface area contributed by atoms with E-state index < -0.39 is 0 Å². The van der Waals surface area contributed by atoms with E-state index in [1.54, 1.807) is 0 Å². The first-order valence-electron chi connectivity index (χ1n) is 8.43. The van der Waals surface area contributed by atoms with Crippen LogP contribution >= 0.6 is 0 Å². The van der Waals surface area contributed by atoms with E-state index in [0.29, 0.717) is 17.9 Å². The summed E-state index contributed by atoms with van der Waals surface area (Å²) in [6, 6.07) is 8.91. The average Bonchev–Trinajstić information content (AvgIpc) is 2.99. The van der Waals surface area contributed by atoms with Crippen molar-refractivity contribution >= 4 is 5.91 Å². The summed E-state index contributed by atoms with van der Waals surface area (Å²) in [4.78, 5) is 15.2. The molecule has 21 heavy (non-hydrogen) atoms. The highest BCUT2D eigenvalue weighted by molar-refractivity contribution is 5.87. The van der Waals surface area contributed by atoms with Gasteiger partial charge in [0.2, 0.25) is 5.91 Å². The van der Waals surface area contributed by atoms with Gasteiger partial charge in [-0.25, -0.2) is 0 Å². The summed E-state index contributed by atoms with van der Waals surface area (Å²) in [7, 11) is 0. The number of nitrogens with zero attached hydrogens (tertiary/aromatic N) is 1. The van der Waals surface area contributed by atoms with Gasteiger partial charge in [0.25, 0.3) is 0 Å². The fraction of sp³-hybridized carbons (Fsp3) is 0.611. The molecule has 1 aliphatic carbocycles. The van der Waals surface area contributed by atoms with Crippen LogP contribution in [0.4, 0.5) is 0 Å². The standard InChI is InChI=1S/C18H24N2O/c21-18(16-11-13-5-1-2-7-15(13)16)20-10-4-8-17(20)14-6-3-9-19-12-14/h1-2,5,7,14,16-17,19H,3-4,6,8-12H2. The Bertz CT molecular complexity index is 536. The van der Waals surface area contributed by atoms with Crippen LogP contribution in [0.25, 0.3) is 0 Å². The summed E-state index contributed by atoms with van der Waals surface area (Å²) in [5.74, 6) is 1.20. The molecule has 1 N–H and O–H groups in total. The van der Waals surface area contributed by atoms with Gasteiger partial charge in [-0.2, -0.15) is 0 Å². The van der Waals surface area contributed by atoms with Gasteiger partial charge in [0.1, 0.15) is 0 Å². The molecule has 0 radical (unpaired) electrons. The van der Waals surface area contributed by atoms with E-state index >= 15 is 0 Å². The number of amides is 1. The Kier molecular flexibility index (Phi) is 3.46. The zero-order valence-electron chi connectivity index (χ0n) is 12.6. The maximum Gasteiger partial charge on any atom is 0.230 e. The number of fused-ring (bicyclic) bond motifs is 1. The highest BCUT2D eigenvalue weighted by atomic mass is 16.2. The third-order valence-electron chi connectivity index (χ3n) is 5.61. The summed E-state index contributed by atoms with van der Waals surface area (Å²) in [6.45, 7) is 3.21. The molecule has 3 aliphatic rings. The highest BCUT2D eigenvalue weighted by Gasteiger charge is 2.41. The van der Waals surface area contributed by atoms with Crippen molar-refractivity contribution in [1.29, 1.82) is 0 Å². The lowest BCUT2D eigenvalue weighted by Gasteiger charge is -2.38. The molecular weight excluding hydrogens is 260 g/mol. The minimum absolute atomic E-state index is 0.137. The summed E-state index contributed by atoms with van der Waals surface area (Å²) in [5, 5.41) is 3.51. The van der Waals surface area contributed by atoms with Gasteiger partial charge in [-0.15, -0.1) is 0 Å². The normalized spacial score (nSPS) is 31.6. The maximum absolute atomic E-state index is 12.9. The van der Waals surface area contributed by atoms with Crippen molar-refractivity contribution in [2.45, 2.75) is 44.1 Å². The van der Waals surface area contributed by atoms with Gasteiger partial charge >= 0.3 is 0 Å². The number of hydrogen-bond acceptors (Lipinski definition) is 2. The van der Waals surface area contributed by atoms with Gasteiger partial charge in [-0.05, 0) is 62.2 Å². The summed E-state index contributed by atoms with van der Waals surface area (Å²) in [5.41, 5.74) is 2.64. The number of piperidine rings is 1. The molecule has 3 nitrogen and oxygen atoms in total. The molecule has 1 aromatic rings. The van der Waals surface area contributed by atoms with Gasteiger partial charge < -0.3 is 10.2 Å². The predicted molar refractivity (Wildman–Crippen MR) is 83.2 cm³/mol. The summed E-state index contributed by atoms with van der Waals surface area (Å²) in [6.07, 6.45) is 5.87. The molecule has 1 amide bonds. The second-order valence-corrected chi connectivity index (χ2v) is 6.80. The molecule has 0 saturated carbocycles. The number of carbonyl (C=O) groups is 1. The number of rotatable bonds is 2. The fourth-order valence-electron chi connectivity index (χ4n) is 4.44. The minimum Gasteiger partial charge on any atom is -0.339 e. The number of carbonyl (C=O) groups excluding carboxylic acids is 1. The van der Waals surface area contributed by atoms with Crippen LogP contribution in [0, 0.1) is 5.92 Å². The second kappa shape index (κ2) is 5.45. The molecule has 0 aromatic heterocycles. The van der Waals surface area contributed by atoms with Crippen molar-refractivity contribution in [3.8, 4) is 0 Å². The summed E-state index contributed by atoms with van der Waals surface area (Å²) >= 11 is 0. The van der Waals surface area contributed by atoms with Gasteiger partial charge in [0.15, 0.2) is 0 Å².